The molecule has 1 rings (SSSR count). The van der Waals surface area contributed by atoms with E-state index in [9.17, 15) is 9.59 Å². The van der Waals surface area contributed by atoms with E-state index in [1.54, 1.807) is 6.20 Å². The lowest BCUT2D eigenvalue weighted by Gasteiger charge is -2.20. The van der Waals surface area contributed by atoms with Crippen LogP contribution < -0.4 is 5.32 Å². The number of nitrogens with zero attached hydrogens (tertiary/aromatic N) is 3. The zero-order valence-electron chi connectivity index (χ0n) is 12.3. The second-order valence-electron chi connectivity index (χ2n) is 4.85. The fourth-order valence-corrected chi connectivity index (χ4v) is 1.61. The van der Waals surface area contributed by atoms with E-state index in [-0.39, 0.29) is 18.4 Å². The summed E-state index contributed by atoms with van der Waals surface area (Å²) < 4.78 is 0. The Morgan fingerprint density at radius 3 is 2.60 bits per heavy atom. The van der Waals surface area contributed by atoms with Crippen LogP contribution in [0.2, 0.25) is 0 Å². The number of aromatic nitrogens is 1. The summed E-state index contributed by atoms with van der Waals surface area (Å²) in [6.45, 7) is 3.19. The largest absolute Gasteiger partial charge is 0.353 e. The number of pyridine rings is 1. The van der Waals surface area contributed by atoms with Crippen LogP contribution in [0.3, 0.4) is 0 Å². The summed E-state index contributed by atoms with van der Waals surface area (Å²) in [5, 5.41) is 2.79. The molecule has 1 aromatic rings. The summed E-state index contributed by atoms with van der Waals surface area (Å²) in [4.78, 5) is 31.0. The molecule has 0 radical (unpaired) electrons. The number of nitrogens with one attached hydrogen (secondary N) is 1. The highest BCUT2D eigenvalue weighted by Gasteiger charge is 2.14. The first kappa shape index (κ1) is 16.1. The van der Waals surface area contributed by atoms with Crippen LogP contribution in [-0.2, 0) is 16.1 Å². The summed E-state index contributed by atoms with van der Waals surface area (Å²) >= 11 is 0. The first-order valence-electron chi connectivity index (χ1n) is 6.56. The molecular formula is C14H22N4O2. The zero-order chi connectivity index (χ0) is 15.0. The smallest absolute Gasteiger partial charge is 0.239 e. The molecule has 6 nitrogen and oxygen atoms in total. The molecule has 0 bridgehead atoms. The molecule has 0 spiro atoms. The molecule has 0 fully saturated rings. The average Bonchev–Trinajstić information content (AvgIpc) is 2.38. The van der Waals surface area contributed by atoms with Crippen LogP contribution in [0.25, 0.3) is 0 Å². The maximum atomic E-state index is 11.8. The molecular weight excluding hydrogens is 256 g/mol. The standard InChI is InChI=1S/C14H22N4O2/c1-12(19)18(10-13-6-4-5-7-15-13)11-14(20)16-8-9-17(2)3/h4-7H,8-11H2,1-3H3,(H,16,20). The first-order chi connectivity index (χ1) is 9.49. The lowest BCUT2D eigenvalue weighted by atomic mass is 10.3. The summed E-state index contributed by atoms with van der Waals surface area (Å²) in [5.74, 6) is -0.295. The lowest BCUT2D eigenvalue weighted by Crippen LogP contribution is -2.41. The van der Waals surface area contributed by atoms with Gasteiger partial charge in [0.1, 0.15) is 0 Å². The van der Waals surface area contributed by atoms with Gasteiger partial charge in [-0.2, -0.15) is 0 Å². The van der Waals surface area contributed by atoms with Crippen molar-refractivity contribution in [2.45, 2.75) is 13.5 Å². The van der Waals surface area contributed by atoms with Crippen molar-refractivity contribution in [3.05, 3.63) is 30.1 Å². The zero-order valence-corrected chi connectivity index (χ0v) is 12.3. The van der Waals surface area contributed by atoms with E-state index in [0.29, 0.717) is 13.1 Å². The number of carbonyl (C=O) groups is 2. The van der Waals surface area contributed by atoms with E-state index in [4.69, 9.17) is 0 Å². The van der Waals surface area contributed by atoms with Crippen molar-refractivity contribution in [2.24, 2.45) is 0 Å². The van der Waals surface area contributed by atoms with Gasteiger partial charge in [0, 0.05) is 26.2 Å². The maximum absolute atomic E-state index is 11.8. The molecule has 1 heterocycles. The maximum Gasteiger partial charge on any atom is 0.239 e. The van der Waals surface area contributed by atoms with Gasteiger partial charge < -0.3 is 15.1 Å². The Morgan fingerprint density at radius 2 is 2.05 bits per heavy atom. The van der Waals surface area contributed by atoms with Crippen molar-refractivity contribution in [3.63, 3.8) is 0 Å². The Balaban J connectivity index is 2.47. The molecule has 1 aromatic heterocycles. The van der Waals surface area contributed by atoms with Gasteiger partial charge in [-0.05, 0) is 26.2 Å². The van der Waals surface area contributed by atoms with Gasteiger partial charge in [0.15, 0.2) is 0 Å². The van der Waals surface area contributed by atoms with Gasteiger partial charge in [-0.1, -0.05) is 6.07 Å². The molecule has 0 aliphatic heterocycles. The van der Waals surface area contributed by atoms with Crippen molar-refractivity contribution >= 4 is 11.8 Å². The molecule has 0 aliphatic carbocycles. The molecule has 0 saturated heterocycles. The summed E-state index contributed by atoms with van der Waals surface area (Å²) in [6.07, 6.45) is 1.67. The molecule has 20 heavy (non-hydrogen) atoms. The number of likely N-dealkylation sites (N-methyl/N-ethyl adjacent to an activating group) is 1. The minimum Gasteiger partial charge on any atom is -0.353 e. The van der Waals surface area contributed by atoms with Crippen LogP contribution in [0.1, 0.15) is 12.6 Å². The molecule has 6 heteroatoms. The third-order valence-electron chi connectivity index (χ3n) is 2.74. The van der Waals surface area contributed by atoms with Crippen molar-refractivity contribution in [1.29, 1.82) is 0 Å². The van der Waals surface area contributed by atoms with Crippen molar-refractivity contribution in [2.75, 3.05) is 33.7 Å². The van der Waals surface area contributed by atoms with E-state index in [2.05, 4.69) is 10.3 Å². The molecule has 0 saturated carbocycles. The predicted molar refractivity (Wildman–Crippen MR) is 76.9 cm³/mol. The van der Waals surface area contributed by atoms with E-state index in [0.717, 1.165) is 12.2 Å². The van der Waals surface area contributed by atoms with Gasteiger partial charge >= 0.3 is 0 Å². The highest BCUT2D eigenvalue weighted by molar-refractivity contribution is 5.83. The van der Waals surface area contributed by atoms with E-state index in [1.807, 2.05) is 37.2 Å². The second-order valence-corrected chi connectivity index (χ2v) is 4.85. The Hall–Kier alpha value is -1.95. The van der Waals surface area contributed by atoms with Crippen molar-refractivity contribution in [3.8, 4) is 0 Å². The van der Waals surface area contributed by atoms with Crippen LogP contribution >= 0.6 is 0 Å². The Morgan fingerprint density at radius 1 is 1.30 bits per heavy atom. The fraction of sp³-hybridized carbons (Fsp3) is 0.500. The van der Waals surface area contributed by atoms with Gasteiger partial charge in [0.2, 0.25) is 11.8 Å². The van der Waals surface area contributed by atoms with Crippen LogP contribution in [0.15, 0.2) is 24.4 Å². The van der Waals surface area contributed by atoms with Gasteiger partial charge in [-0.15, -0.1) is 0 Å². The van der Waals surface area contributed by atoms with E-state index in [1.165, 1.54) is 11.8 Å². The number of hydrogen-bond donors (Lipinski definition) is 1. The Bertz CT molecular complexity index is 434. The molecule has 0 aromatic carbocycles. The molecule has 2 amide bonds. The van der Waals surface area contributed by atoms with Crippen LogP contribution in [0.4, 0.5) is 0 Å². The third kappa shape index (κ3) is 6.29. The number of amides is 2. The number of carbonyl (C=O) groups excluding carboxylic acids is 2. The quantitative estimate of drug-likeness (QED) is 0.769. The summed E-state index contributed by atoms with van der Waals surface area (Å²) in [6, 6.07) is 5.51. The summed E-state index contributed by atoms with van der Waals surface area (Å²) in [5.41, 5.74) is 0.767. The minimum atomic E-state index is -0.155. The van der Waals surface area contributed by atoms with Crippen molar-refractivity contribution in [1.82, 2.24) is 20.1 Å². The monoisotopic (exact) mass is 278 g/mol. The van der Waals surface area contributed by atoms with E-state index >= 15 is 0 Å². The van der Waals surface area contributed by atoms with Crippen molar-refractivity contribution < 1.29 is 9.59 Å². The second kappa shape index (κ2) is 8.27. The average molecular weight is 278 g/mol. The number of hydrogen-bond acceptors (Lipinski definition) is 4. The molecule has 0 aliphatic rings. The molecule has 0 atom stereocenters. The molecule has 110 valence electrons. The first-order valence-corrected chi connectivity index (χ1v) is 6.56. The Kier molecular flexibility index (Phi) is 6.66. The topological polar surface area (TPSA) is 65.5 Å². The predicted octanol–water partition coefficient (Wildman–Crippen LogP) is 0.108. The normalized spacial score (nSPS) is 10.4. The highest BCUT2D eigenvalue weighted by atomic mass is 16.2. The lowest BCUT2D eigenvalue weighted by molar-refractivity contribution is -0.135. The SMILES string of the molecule is CC(=O)N(CC(=O)NCCN(C)C)Cc1ccccn1. The summed E-state index contributed by atoms with van der Waals surface area (Å²) in [7, 11) is 3.88. The van der Waals surface area contributed by atoms with Crippen LogP contribution in [-0.4, -0.2) is 60.3 Å². The van der Waals surface area contributed by atoms with E-state index < -0.39 is 0 Å². The van der Waals surface area contributed by atoms with Crippen LogP contribution in [0, 0.1) is 0 Å². The van der Waals surface area contributed by atoms with Gasteiger partial charge in [0.25, 0.3) is 0 Å². The minimum absolute atomic E-state index is 0.0549. The highest BCUT2D eigenvalue weighted by Crippen LogP contribution is 2.01. The fourth-order valence-electron chi connectivity index (χ4n) is 1.61. The third-order valence-corrected chi connectivity index (χ3v) is 2.74. The molecule has 0 unspecified atom stereocenters. The Labute approximate surface area is 119 Å². The van der Waals surface area contributed by atoms with Gasteiger partial charge in [-0.3, -0.25) is 14.6 Å². The molecule has 1 N–H and O–H groups in total. The van der Waals surface area contributed by atoms with Gasteiger partial charge in [0.05, 0.1) is 18.8 Å². The number of rotatable bonds is 7. The van der Waals surface area contributed by atoms with Crippen LogP contribution in [0.5, 0.6) is 0 Å². The van der Waals surface area contributed by atoms with Gasteiger partial charge in [-0.25, -0.2) is 0 Å².